The van der Waals surface area contributed by atoms with Gasteiger partial charge in [-0.05, 0) is 18.8 Å². The van der Waals surface area contributed by atoms with Gasteiger partial charge in [-0.1, -0.05) is 13.8 Å². The van der Waals surface area contributed by atoms with Gasteiger partial charge >= 0.3 is 11.9 Å². The van der Waals surface area contributed by atoms with Crippen LogP contribution < -0.4 is 27.4 Å². The van der Waals surface area contributed by atoms with Gasteiger partial charge < -0.3 is 42.7 Å². The summed E-state index contributed by atoms with van der Waals surface area (Å²) in [4.78, 5) is 70.4. The molecule has 0 saturated carbocycles. The Hall–Kier alpha value is -3.26. The third-order valence-corrected chi connectivity index (χ3v) is 4.17. The minimum absolute atomic E-state index is 0.0657. The SMILES string of the molecule is CC(C)CC(NC(=O)C(CCC(=O)O)NC(=O)C(N)CO)C(=O)NC(CC(N)=O)C(=O)O. The van der Waals surface area contributed by atoms with E-state index in [-0.39, 0.29) is 18.8 Å². The first-order valence-electron chi connectivity index (χ1n) is 9.78. The molecule has 14 heteroatoms. The fourth-order valence-corrected chi connectivity index (χ4v) is 2.55. The molecule has 32 heavy (non-hydrogen) atoms. The summed E-state index contributed by atoms with van der Waals surface area (Å²) >= 11 is 0. The highest BCUT2D eigenvalue weighted by Crippen LogP contribution is 2.08. The van der Waals surface area contributed by atoms with Crippen LogP contribution in [0.25, 0.3) is 0 Å². The minimum atomic E-state index is -1.61. The quantitative estimate of drug-likeness (QED) is 0.120. The molecule has 0 aromatic heterocycles. The van der Waals surface area contributed by atoms with E-state index in [9.17, 15) is 28.8 Å². The van der Waals surface area contributed by atoms with Crippen molar-refractivity contribution in [1.29, 1.82) is 0 Å². The van der Waals surface area contributed by atoms with Crippen molar-refractivity contribution in [3.63, 3.8) is 0 Å². The van der Waals surface area contributed by atoms with Crippen LogP contribution in [-0.4, -0.2) is 81.7 Å². The topological polar surface area (TPSA) is 251 Å². The van der Waals surface area contributed by atoms with Crippen molar-refractivity contribution < 1.29 is 44.1 Å². The van der Waals surface area contributed by atoms with Gasteiger partial charge in [0.05, 0.1) is 13.0 Å². The van der Waals surface area contributed by atoms with Crippen molar-refractivity contribution in [1.82, 2.24) is 16.0 Å². The molecule has 0 aromatic carbocycles. The van der Waals surface area contributed by atoms with Crippen LogP contribution in [0, 0.1) is 5.92 Å². The molecule has 0 aliphatic heterocycles. The summed E-state index contributed by atoms with van der Waals surface area (Å²) in [6, 6.07) is -5.61. The molecule has 0 bridgehead atoms. The number of carbonyl (C=O) groups is 6. The summed E-state index contributed by atoms with van der Waals surface area (Å²) in [5.74, 6) is -6.56. The summed E-state index contributed by atoms with van der Waals surface area (Å²) in [6.45, 7) is 2.75. The number of aliphatic hydroxyl groups is 1. The molecule has 0 fully saturated rings. The van der Waals surface area contributed by atoms with Crippen LogP contribution in [0.1, 0.15) is 39.5 Å². The molecular weight excluding hydrogens is 430 g/mol. The third kappa shape index (κ3) is 11.2. The summed E-state index contributed by atoms with van der Waals surface area (Å²) in [5.41, 5.74) is 10.4. The maximum atomic E-state index is 12.7. The summed E-state index contributed by atoms with van der Waals surface area (Å²) in [6.07, 6.45) is -1.43. The number of carboxylic acids is 2. The van der Waals surface area contributed by atoms with Gasteiger partial charge in [-0.2, -0.15) is 0 Å². The van der Waals surface area contributed by atoms with Crippen LogP contribution in [0.2, 0.25) is 0 Å². The Labute approximate surface area is 184 Å². The van der Waals surface area contributed by atoms with Crippen LogP contribution in [0.4, 0.5) is 0 Å². The Bertz CT molecular complexity index is 713. The molecule has 0 rings (SSSR count). The normalized spacial score (nSPS) is 14.5. The average Bonchev–Trinajstić information content (AvgIpc) is 2.67. The second-order valence-corrected chi connectivity index (χ2v) is 7.54. The number of primary amides is 1. The predicted molar refractivity (Wildman–Crippen MR) is 109 cm³/mol. The lowest BCUT2D eigenvalue weighted by Crippen LogP contribution is -2.57. The number of hydrogen-bond acceptors (Lipinski definition) is 8. The van der Waals surface area contributed by atoms with E-state index in [0.717, 1.165) is 0 Å². The zero-order chi connectivity index (χ0) is 25.0. The largest absolute Gasteiger partial charge is 0.481 e. The van der Waals surface area contributed by atoms with Crippen molar-refractivity contribution in [2.24, 2.45) is 17.4 Å². The Balaban J connectivity index is 5.53. The first kappa shape index (κ1) is 28.7. The number of carbonyl (C=O) groups excluding carboxylic acids is 4. The predicted octanol–water partition coefficient (Wildman–Crippen LogP) is -3.37. The van der Waals surface area contributed by atoms with Crippen molar-refractivity contribution in [3.8, 4) is 0 Å². The number of aliphatic hydroxyl groups excluding tert-OH is 1. The van der Waals surface area contributed by atoms with Crippen LogP contribution >= 0.6 is 0 Å². The van der Waals surface area contributed by atoms with E-state index >= 15 is 0 Å². The van der Waals surface area contributed by atoms with E-state index in [4.69, 9.17) is 26.8 Å². The zero-order valence-electron chi connectivity index (χ0n) is 17.9. The maximum absolute atomic E-state index is 12.7. The lowest BCUT2D eigenvalue weighted by Gasteiger charge is -2.25. The molecule has 182 valence electrons. The molecule has 0 heterocycles. The molecule has 14 nitrogen and oxygen atoms in total. The van der Waals surface area contributed by atoms with Gasteiger partial charge in [-0.25, -0.2) is 4.79 Å². The van der Waals surface area contributed by atoms with E-state index in [1.165, 1.54) is 0 Å². The molecule has 4 atom stereocenters. The van der Waals surface area contributed by atoms with Gasteiger partial charge in [-0.3, -0.25) is 24.0 Å². The van der Waals surface area contributed by atoms with Gasteiger partial charge in [0.2, 0.25) is 23.6 Å². The lowest BCUT2D eigenvalue weighted by molar-refractivity contribution is -0.144. The van der Waals surface area contributed by atoms with E-state index in [2.05, 4.69) is 16.0 Å². The number of aliphatic carboxylic acids is 2. The lowest BCUT2D eigenvalue weighted by atomic mass is 10.0. The fourth-order valence-electron chi connectivity index (χ4n) is 2.55. The molecular formula is C18H31N5O9. The van der Waals surface area contributed by atoms with Gasteiger partial charge in [0.15, 0.2) is 0 Å². The highest BCUT2D eigenvalue weighted by atomic mass is 16.4. The molecule has 0 spiro atoms. The number of hydrogen-bond donors (Lipinski definition) is 8. The molecule has 0 aromatic rings. The number of nitrogens with two attached hydrogens (primary N) is 2. The van der Waals surface area contributed by atoms with Crippen LogP contribution in [0.5, 0.6) is 0 Å². The second kappa shape index (κ2) is 13.9. The van der Waals surface area contributed by atoms with E-state index in [1.54, 1.807) is 13.8 Å². The highest BCUT2D eigenvalue weighted by molar-refractivity contribution is 5.95. The minimum Gasteiger partial charge on any atom is -0.481 e. The Morgan fingerprint density at radius 1 is 0.844 bits per heavy atom. The molecule has 10 N–H and O–H groups in total. The van der Waals surface area contributed by atoms with Crippen molar-refractivity contribution >= 4 is 35.6 Å². The van der Waals surface area contributed by atoms with Crippen LogP contribution in [0.3, 0.4) is 0 Å². The number of nitrogens with one attached hydrogen (secondary N) is 3. The van der Waals surface area contributed by atoms with Crippen molar-refractivity contribution in [2.45, 2.75) is 63.7 Å². The first-order valence-corrected chi connectivity index (χ1v) is 9.78. The second-order valence-electron chi connectivity index (χ2n) is 7.54. The van der Waals surface area contributed by atoms with Gasteiger partial charge in [-0.15, -0.1) is 0 Å². The summed E-state index contributed by atoms with van der Waals surface area (Å²) in [7, 11) is 0. The molecule has 0 radical (unpaired) electrons. The molecule has 0 aliphatic carbocycles. The van der Waals surface area contributed by atoms with Crippen LogP contribution in [0.15, 0.2) is 0 Å². The maximum Gasteiger partial charge on any atom is 0.326 e. The summed E-state index contributed by atoms with van der Waals surface area (Å²) in [5, 5.41) is 33.7. The standard InChI is InChI=1S/C18H31N5O9/c1-8(2)5-11(17(30)23-12(18(31)32)6-13(20)25)22-16(29)10(3-4-14(26)27)21-15(28)9(19)7-24/h8-12,24H,3-7,19H2,1-2H3,(H2,20,25)(H,21,28)(H,22,29)(H,23,30)(H,26,27)(H,31,32). The number of amides is 4. The zero-order valence-corrected chi connectivity index (χ0v) is 17.9. The van der Waals surface area contributed by atoms with E-state index in [1.807, 2.05) is 0 Å². The van der Waals surface area contributed by atoms with Gasteiger partial charge in [0, 0.05) is 6.42 Å². The highest BCUT2D eigenvalue weighted by Gasteiger charge is 2.31. The number of rotatable bonds is 15. The van der Waals surface area contributed by atoms with Crippen molar-refractivity contribution in [3.05, 3.63) is 0 Å². The molecule has 4 unspecified atom stereocenters. The average molecular weight is 461 g/mol. The van der Waals surface area contributed by atoms with Gasteiger partial charge in [0.1, 0.15) is 24.2 Å². The Morgan fingerprint density at radius 2 is 1.34 bits per heavy atom. The molecule has 0 aliphatic rings. The van der Waals surface area contributed by atoms with E-state index < -0.39 is 79.2 Å². The third-order valence-electron chi connectivity index (χ3n) is 4.17. The number of carboxylic acid groups (broad SMARTS) is 2. The van der Waals surface area contributed by atoms with Crippen LogP contribution in [-0.2, 0) is 28.8 Å². The Kier molecular flexibility index (Phi) is 12.5. The smallest absolute Gasteiger partial charge is 0.326 e. The summed E-state index contributed by atoms with van der Waals surface area (Å²) < 4.78 is 0. The first-order chi connectivity index (χ1) is 14.8. The Morgan fingerprint density at radius 3 is 1.78 bits per heavy atom. The molecule has 4 amide bonds. The van der Waals surface area contributed by atoms with E-state index in [0.29, 0.717) is 0 Å². The monoisotopic (exact) mass is 461 g/mol. The fraction of sp³-hybridized carbons (Fsp3) is 0.667. The van der Waals surface area contributed by atoms with Gasteiger partial charge in [0.25, 0.3) is 0 Å². The van der Waals surface area contributed by atoms with Crippen molar-refractivity contribution in [2.75, 3.05) is 6.61 Å². The molecule has 0 saturated heterocycles.